The van der Waals surface area contributed by atoms with Gasteiger partial charge in [0.05, 0.1) is 0 Å². The summed E-state index contributed by atoms with van der Waals surface area (Å²) in [4.78, 5) is 27.4. The van der Waals surface area contributed by atoms with Crippen molar-refractivity contribution in [3.8, 4) is 0 Å². The molecule has 5 heteroatoms. The highest BCUT2D eigenvalue weighted by molar-refractivity contribution is 5.79. The van der Waals surface area contributed by atoms with Gasteiger partial charge in [0.1, 0.15) is 0 Å². The minimum Gasteiger partial charge on any atom is -0.344 e. The molecule has 1 aliphatic carbocycles. The Morgan fingerprint density at radius 2 is 2.21 bits per heavy atom. The lowest BCUT2D eigenvalue weighted by Gasteiger charge is -2.30. The molecule has 0 aromatic carbocycles. The predicted molar refractivity (Wildman–Crippen MR) is 73.4 cm³/mol. The third-order valence-electron chi connectivity index (χ3n) is 4.32. The van der Waals surface area contributed by atoms with Crippen molar-refractivity contribution in [1.82, 2.24) is 9.80 Å². The number of likely N-dealkylation sites (N-methyl/N-ethyl adjacent to an activating group) is 1. The van der Waals surface area contributed by atoms with Crippen molar-refractivity contribution in [2.45, 2.75) is 44.6 Å². The average Bonchev–Trinajstić information content (AvgIpc) is 2.80. The Balaban J connectivity index is 1.77. The van der Waals surface area contributed by atoms with Crippen LogP contribution in [-0.4, -0.2) is 54.3 Å². The van der Waals surface area contributed by atoms with Gasteiger partial charge in [0.15, 0.2) is 0 Å². The van der Waals surface area contributed by atoms with Gasteiger partial charge in [-0.2, -0.15) is 0 Å². The number of nitrogens with zero attached hydrogens (tertiary/aromatic N) is 2. The summed E-state index contributed by atoms with van der Waals surface area (Å²) in [5.74, 6) is 0.505. The molecular formula is C14H25N3O2. The SMILES string of the molecule is CN(CCN1CCCC1=O)C(=O)[C@@H]1CCC[C@@H](N)C1. The second-order valence-corrected chi connectivity index (χ2v) is 5.87. The summed E-state index contributed by atoms with van der Waals surface area (Å²) in [6.45, 7) is 2.14. The second kappa shape index (κ2) is 6.37. The fourth-order valence-electron chi connectivity index (χ4n) is 3.08. The van der Waals surface area contributed by atoms with Gasteiger partial charge in [0.2, 0.25) is 11.8 Å². The Hall–Kier alpha value is -1.10. The number of carbonyl (C=O) groups excluding carboxylic acids is 2. The van der Waals surface area contributed by atoms with Crippen molar-refractivity contribution in [2.24, 2.45) is 11.7 Å². The average molecular weight is 267 g/mol. The zero-order chi connectivity index (χ0) is 13.8. The fraction of sp³-hybridized carbons (Fsp3) is 0.857. The number of rotatable bonds is 4. The number of carbonyl (C=O) groups is 2. The number of amides is 2. The van der Waals surface area contributed by atoms with Gasteiger partial charge in [0, 0.05) is 45.1 Å². The van der Waals surface area contributed by atoms with Gasteiger partial charge in [0.25, 0.3) is 0 Å². The third-order valence-corrected chi connectivity index (χ3v) is 4.32. The quantitative estimate of drug-likeness (QED) is 0.810. The van der Waals surface area contributed by atoms with Crippen molar-refractivity contribution >= 4 is 11.8 Å². The number of likely N-dealkylation sites (tertiary alicyclic amines) is 1. The zero-order valence-corrected chi connectivity index (χ0v) is 11.8. The van der Waals surface area contributed by atoms with Crippen LogP contribution in [0, 0.1) is 5.92 Å². The fourth-order valence-corrected chi connectivity index (χ4v) is 3.08. The first-order valence-corrected chi connectivity index (χ1v) is 7.36. The minimum absolute atomic E-state index is 0.0861. The van der Waals surface area contributed by atoms with Crippen LogP contribution in [0.4, 0.5) is 0 Å². The summed E-state index contributed by atoms with van der Waals surface area (Å²) in [5.41, 5.74) is 5.93. The third kappa shape index (κ3) is 3.69. The van der Waals surface area contributed by atoms with Crippen LogP contribution in [0.5, 0.6) is 0 Å². The number of nitrogens with two attached hydrogens (primary N) is 1. The molecule has 19 heavy (non-hydrogen) atoms. The molecule has 0 aromatic heterocycles. The van der Waals surface area contributed by atoms with Crippen LogP contribution in [0.15, 0.2) is 0 Å². The van der Waals surface area contributed by atoms with Crippen LogP contribution in [0.25, 0.3) is 0 Å². The lowest BCUT2D eigenvalue weighted by molar-refractivity contribution is -0.136. The van der Waals surface area contributed by atoms with Crippen molar-refractivity contribution in [1.29, 1.82) is 0 Å². The molecule has 0 spiro atoms. The maximum Gasteiger partial charge on any atom is 0.225 e. The zero-order valence-electron chi connectivity index (χ0n) is 11.8. The number of hydrogen-bond donors (Lipinski definition) is 1. The van der Waals surface area contributed by atoms with E-state index in [1.165, 1.54) is 0 Å². The summed E-state index contributed by atoms with van der Waals surface area (Å²) in [6.07, 6.45) is 5.47. The molecule has 0 unspecified atom stereocenters. The van der Waals surface area contributed by atoms with Gasteiger partial charge < -0.3 is 15.5 Å². The maximum absolute atomic E-state index is 12.3. The van der Waals surface area contributed by atoms with Gasteiger partial charge in [-0.1, -0.05) is 6.42 Å². The van der Waals surface area contributed by atoms with Gasteiger partial charge in [-0.05, 0) is 25.7 Å². The van der Waals surface area contributed by atoms with E-state index >= 15 is 0 Å². The second-order valence-electron chi connectivity index (χ2n) is 5.87. The van der Waals surface area contributed by atoms with E-state index in [2.05, 4.69) is 0 Å². The summed E-state index contributed by atoms with van der Waals surface area (Å²) >= 11 is 0. The molecule has 0 bridgehead atoms. The molecule has 2 aliphatic rings. The Morgan fingerprint density at radius 3 is 2.84 bits per heavy atom. The smallest absolute Gasteiger partial charge is 0.225 e. The molecule has 2 N–H and O–H groups in total. The molecule has 1 saturated carbocycles. The molecule has 108 valence electrons. The maximum atomic E-state index is 12.3. The Morgan fingerprint density at radius 1 is 1.42 bits per heavy atom. The van der Waals surface area contributed by atoms with E-state index in [1.807, 2.05) is 11.9 Å². The van der Waals surface area contributed by atoms with Crippen LogP contribution >= 0.6 is 0 Å². The Bertz CT molecular complexity index is 346. The van der Waals surface area contributed by atoms with Crippen molar-refractivity contribution in [3.63, 3.8) is 0 Å². The molecule has 5 nitrogen and oxygen atoms in total. The lowest BCUT2D eigenvalue weighted by atomic mass is 9.85. The molecule has 2 amide bonds. The standard InChI is InChI=1S/C14H25N3O2/c1-16(8-9-17-7-3-6-13(17)18)14(19)11-4-2-5-12(15)10-11/h11-12H,2-10,15H2,1H3/t11-,12-/m1/s1. The highest BCUT2D eigenvalue weighted by Crippen LogP contribution is 2.24. The molecular weight excluding hydrogens is 242 g/mol. The molecule has 2 fully saturated rings. The summed E-state index contributed by atoms with van der Waals surface area (Å²) in [6, 6.07) is 0.177. The van der Waals surface area contributed by atoms with Crippen LogP contribution in [-0.2, 0) is 9.59 Å². The van der Waals surface area contributed by atoms with E-state index in [-0.39, 0.29) is 23.8 Å². The van der Waals surface area contributed by atoms with Gasteiger partial charge >= 0.3 is 0 Å². The van der Waals surface area contributed by atoms with Gasteiger partial charge in [-0.15, -0.1) is 0 Å². The first-order chi connectivity index (χ1) is 9.08. The van der Waals surface area contributed by atoms with E-state index in [9.17, 15) is 9.59 Å². The van der Waals surface area contributed by atoms with E-state index in [0.29, 0.717) is 19.5 Å². The van der Waals surface area contributed by atoms with Crippen molar-refractivity contribution < 1.29 is 9.59 Å². The van der Waals surface area contributed by atoms with Crippen molar-refractivity contribution in [2.75, 3.05) is 26.7 Å². The van der Waals surface area contributed by atoms with Gasteiger partial charge in [-0.25, -0.2) is 0 Å². The van der Waals surface area contributed by atoms with E-state index in [4.69, 9.17) is 5.73 Å². The highest BCUT2D eigenvalue weighted by Gasteiger charge is 2.28. The molecule has 2 atom stereocenters. The summed E-state index contributed by atoms with van der Waals surface area (Å²) in [5, 5.41) is 0. The van der Waals surface area contributed by atoms with E-state index in [1.54, 1.807) is 4.90 Å². The molecule has 2 rings (SSSR count). The Kier molecular flexibility index (Phi) is 4.80. The summed E-state index contributed by atoms with van der Waals surface area (Å²) < 4.78 is 0. The highest BCUT2D eigenvalue weighted by atomic mass is 16.2. The molecule has 1 aliphatic heterocycles. The molecule has 0 aromatic rings. The largest absolute Gasteiger partial charge is 0.344 e. The lowest BCUT2D eigenvalue weighted by Crippen LogP contribution is -2.42. The van der Waals surface area contributed by atoms with Crippen LogP contribution < -0.4 is 5.73 Å². The predicted octanol–water partition coefficient (Wildman–Crippen LogP) is 0.585. The van der Waals surface area contributed by atoms with E-state index < -0.39 is 0 Å². The number of hydrogen-bond acceptors (Lipinski definition) is 3. The molecule has 1 heterocycles. The van der Waals surface area contributed by atoms with Crippen molar-refractivity contribution in [3.05, 3.63) is 0 Å². The molecule has 1 saturated heterocycles. The topological polar surface area (TPSA) is 66.6 Å². The minimum atomic E-state index is 0.0861. The van der Waals surface area contributed by atoms with Crippen LogP contribution in [0.1, 0.15) is 38.5 Å². The summed E-state index contributed by atoms with van der Waals surface area (Å²) in [7, 11) is 1.84. The first-order valence-electron chi connectivity index (χ1n) is 7.36. The molecule has 0 radical (unpaired) electrons. The van der Waals surface area contributed by atoms with Gasteiger partial charge in [-0.3, -0.25) is 9.59 Å². The normalized spacial score (nSPS) is 27.7. The monoisotopic (exact) mass is 267 g/mol. The first kappa shape index (κ1) is 14.3. The Labute approximate surface area is 115 Å². The van der Waals surface area contributed by atoms with Crippen LogP contribution in [0.3, 0.4) is 0 Å². The van der Waals surface area contributed by atoms with Crippen LogP contribution in [0.2, 0.25) is 0 Å². The van der Waals surface area contributed by atoms with E-state index in [0.717, 1.165) is 38.6 Å².